The first-order chi connectivity index (χ1) is 12.4. The molecule has 2 rings (SSSR count). The lowest BCUT2D eigenvalue weighted by molar-refractivity contribution is -0.384. The van der Waals surface area contributed by atoms with E-state index >= 15 is 0 Å². The Morgan fingerprint density at radius 1 is 1.08 bits per heavy atom. The van der Waals surface area contributed by atoms with Gasteiger partial charge in [0.25, 0.3) is 5.69 Å². The van der Waals surface area contributed by atoms with E-state index in [1.165, 1.54) is 63.8 Å². The predicted molar refractivity (Wildman–Crippen MR) is 97.6 cm³/mol. The number of ether oxygens (including phenoxy) is 3. The fraction of sp³-hybridized carbons (Fsp3) is 0.167. The van der Waals surface area contributed by atoms with E-state index in [-0.39, 0.29) is 11.5 Å². The molecular weight excluding hydrogens is 362 g/mol. The Labute approximate surface area is 154 Å². The van der Waals surface area contributed by atoms with Crippen LogP contribution in [-0.4, -0.2) is 32.0 Å². The van der Waals surface area contributed by atoms with Gasteiger partial charge in [0, 0.05) is 22.7 Å². The smallest absolute Gasteiger partial charge is 0.270 e. The molecule has 136 valence electrons. The number of hydrogen-bond acceptors (Lipinski definition) is 6. The number of nitro groups is 1. The van der Waals surface area contributed by atoms with Gasteiger partial charge in [-0.25, -0.2) is 0 Å². The highest BCUT2D eigenvalue weighted by molar-refractivity contribution is 6.32. The Kier molecular flexibility index (Phi) is 6.19. The molecule has 0 fully saturated rings. The summed E-state index contributed by atoms with van der Waals surface area (Å²) in [5.41, 5.74) is 0.549. The first kappa shape index (κ1) is 19.3. The van der Waals surface area contributed by atoms with Gasteiger partial charge in [0.15, 0.2) is 17.3 Å². The molecule has 0 heterocycles. The number of halogens is 1. The monoisotopic (exact) mass is 377 g/mol. The second-order valence-electron chi connectivity index (χ2n) is 5.07. The molecule has 7 nitrogen and oxygen atoms in total. The summed E-state index contributed by atoms with van der Waals surface area (Å²) in [5, 5.41) is 11.2. The van der Waals surface area contributed by atoms with Crippen molar-refractivity contribution in [3.05, 3.63) is 62.7 Å². The van der Waals surface area contributed by atoms with Crippen LogP contribution < -0.4 is 14.2 Å². The van der Waals surface area contributed by atoms with Gasteiger partial charge in [0.1, 0.15) is 0 Å². The van der Waals surface area contributed by atoms with E-state index in [0.717, 1.165) is 0 Å². The molecule has 26 heavy (non-hydrogen) atoms. The zero-order chi connectivity index (χ0) is 19.3. The third-order valence-electron chi connectivity index (χ3n) is 3.55. The summed E-state index contributed by atoms with van der Waals surface area (Å²) in [4.78, 5) is 22.8. The Balaban J connectivity index is 2.37. The maximum atomic E-state index is 12.5. The highest BCUT2D eigenvalue weighted by Crippen LogP contribution is 2.38. The Bertz CT molecular complexity index is 853. The molecule has 0 spiro atoms. The minimum atomic E-state index is -0.533. The highest BCUT2D eigenvalue weighted by atomic mass is 35.5. The summed E-state index contributed by atoms with van der Waals surface area (Å²) in [5.74, 6) is 0.707. The van der Waals surface area contributed by atoms with E-state index in [1.807, 2.05) is 0 Å². The van der Waals surface area contributed by atoms with Crippen molar-refractivity contribution in [2.45, 2.75) is 0 Å². The van der Waals surface area contributed by atoms with Gasteiger partial charge in [-0.2, -0.15) is 0 Å². The van der Waals surface area contributed by atoms with E-state index in [2.05, 4.69) is 0 Å². The number of ketones is 1. The molecular formula is C18H16ClNO6. The van der Waals surface area contributed by atoms with E-state index in [1.54, 1.807) is 0 Å². The summed E-state index contributed by atoms with van der Waals surface area (Å²) in [6.45, 7) is 0. The van der Waals surface area contributed by atoms with Crippen molar-refractivity contribution < 1.29 is 23.9 Å². The highest BCUT2D eigenvalue weighted by Gasteiger charge is 2.16. The van der Waals surface area contributed by atoms with Crippen molar-refractivity contribution in [2.75, 3.05) is 21.3 Å². The summed E-state index contributed by atoms with van der Waals surface area (Å²) >= 11 is 6.02. The molecule has 0 aliphatic heterocycles. The van der Waals surface area contributed by atoms with Gasteiger partial charge in [0.05, 0.1) is 26.3 Å². The van der Waals surface area contributed by atoms with Crippen LogP contribution in [0.5, 0.6) is 17.2 Å². The summed E-state index contributed by atoms with van der Waals surface area (Å²) in [6, 6.07) is 7.03. The maximum absolute atomic E-state index is 12.5. The minimum Gasteiger partial charge on any atom is -0.493 e. The molecule has 0 aliphatic rings. The van der Waals surface area contributed by atoms with E-state index in [4.69, 9.17) is 25.8 Å². The number of hydrogen-bond donors (Lipinski definition) is 0. The summed E-state index contributed by atoms with van der Waals surface area (Å²) in [7, 11) is 4.36. The van der Waals surface area contributed by atoms with Crippen LogP contribution in [0.15, 0.2) is 36.4 Å². The van der Waals surface area contributed by atoms with Crippen molar-refractivity contribution >= 4 is 29.1 Å². The van der Waals surface area contributed by atoms with Crippen LogP contribution in [0.25, 0.3) is 6.08 Å². The van der Waals surface area contributed by atoms with Crippen LogP contribution in [0.3, 0.4) is 0 Å². The zero-order valence-corrected chi connectivity index (χ0v) is 15.1. The first-order valence-electron chi connectivity index (χ1n) is 7.37. The van der Waals surface area contributed by atoms with E-state index in [9.17, 15) is 14.9 Å². The SMILES string of the molecule is COc1cc(C(=O)/C=C/c2cc([N+](=O)[O-])ccc2Cl)cc(OC)c1OC. The van der Waals surface area contributed by atoms with Gasteiger partial charge in [-0.15, -0.1) is 0 Å². The van der Waals surface area contributed by atoms with Gasteiger partial charge >= 0.3 is 0 Å². The van der Waals surface area contributed by atoms with Crippen molar-refractivity contribution in [2.24, 2.45) is 0 Å². The standard InChI is InChI=1S/C18H16ClNO6/c1-24-16-9-12(10-17(25-2)18(16)26-3)15(21)7-4-11-8-13(20(22)23)5-6-14(11)19/h4-10H,1-3H3/b7-4+. The molecule has 0 radical (unpaired) electrons. The lowest BCUT2D eigenvalue weighted by atomic mass is 10.1. The predicted octanol–water partition coefficient (Wildman–Crippen LogP) is 4.17. The molecule has 8 heteroatoms. The Hall–Kier alpha value is -3.06. The topological polar surface area (TPSA) is 87.9 Å². The van der Waals surface area contributed by atoms with E-state index in [0.29, 0.717) is 33.4 Å². The molecule has 0 aromatic heterocycles. The third-order valence-corrected chi connectivity index (χ3v) is 3.90. The second kappa shape index (κ2) is 8.35. The molecule has 0 N–H and O–H groups in total. The minimum absolute atomic E-state index is 0.116. The molecule has 0 saturated heterocycles. The molecule has 0 unspecified atom stereocenters. The normalized spacial score (nSPS) is 10.6. The lowest BCUT2D eigenvalue weighted by Crippen LogP contribution is -2.00. The van der Waals surface area contributed by atoms with Gasteiger partial charge in [-0.05, 0) is 35.9 Å². The Morgan fingerprint density at radius 3 is 2.19 bits per heavy atom. The molecule has 2 aromatic carbocycles. The summed E-state index contributed by atoms with van der Waals surface area (Å²) < 4.78 is 15.6. The van der Waals surface area contributed by atoms with Crippen molar-refractivity contribution in [3.8, 4) is 17.2 Å². The first-order valence-corrected chi connectivity index (χ1v) is 7.75. The molecule has 0 aliphatic carbocycles. The molecule has 0 amide bonds. The number of nitrogens with zero attached hydrogens (tertiary/aromatic N) is 1. The average molecular weight is 378 g/mol. The van der Waals surface area contributed by atoms with Crippen LogP contribution in [0.2, 0.25) is 5.02 Å². The van der Waals surface area contributed by atoms with Crippen LogP contribution in [-0.2, 0) is 0 Å². The number of nitro benzene ring substituents is 1. The van der Waals surface area contributed by atoms with Gasteiger partial charge in [0.2, 0.25) is 5.75 Å². The number of benzene rings is 2. The molecule has 0 atom stereocenters. The quantitative estimate of drug-likeness (QED) is 0.311. The Morgan fingerprint density at radius 2 is 1.69 bits per heavy atom. The average Bonchev–Trinajstić information content (AvgIpc) is 2.65. The molecule has 2 aromatic rings. The lowest BCUT2D eigenvalue weighted by Gasteiger charge is -2.13. The van der Waals surface area contributed by atoms with Crippen LogP contribution >= 0.6 is 11.6 Å². The molecule has 0 bridgehead atoms. The second-order valence-corrected chi connectivity index (χ2v) is 5.48. The van der Waals surface area contributed by atoms with Crippen molar-refractivity contribution in [3.63, 3.8) is 0 Å². The van der Waals surface area contributed by atoms with Gasteiger partial charge in [-0.3, -0.25) is 14.9 Å². The number of carbonyl (C=O) groups excluding carboxylic acids is 1. The van der Waals surface area contributed by atoms with Crippen molar-refractivity contribution in [1.29, 1.82) is 0 Å². The number of allylic oxidation sites excluding steroid dienone is 1. The number of carbonyl (C=O) groups is 1. The maximum Gasteiger partial charge on any atom is 0.270 e. The third kappa shape index (κ3) is 4.12. The number of non-ortho nitro benzene ring substituents is 1. The van der Waals surface area contributed by atoms with Crippen molar-refractivity contribution in [1.82, 2.24) is 0 Å². The van der Waals surface area contributed by atoms with Crippen LogP contribution in [0.4, 0.5) is 5.69 Å². The fourth-order valence-electron chi connectivity index (χ4n) is 2.26. The number of rotatable bonds is 7. The van der Waals surface area contributed by atoms with Gasteiger partial charge < -0.3 is 14.2 Å². The van der Waals surface area contributed by atoms with E-state index < -0.39 is 4.92 Å². The zero-order valence-electron chi connectivity index (χ0n) is 14.3. The fourth-order valence-corrected chi connectivity index (χ4v) is 2.44. The van der Waals surface area contributed by atoms with Crippen LogP contribution in [0.1, 0.15) is 15.9 Å². The van der Waals surface area contributed by atoms with Crippen LogP contribution in [0, 0.1) is 10.1 Å². The molecule has 0 saturated carbocycles. The largest absolute Gasteiger partial charge is 0.493 e. The summed E-state index contributed by atoms with van der Waals surface area (Å²) in [6.07, 6.45) is 2.69. The van der Waals surface area contributed by atoms with Gasteiger partial charge in [-0.1, -0.05) is 11.6 Å². The number of methoxy groups -OCH3 is 3.